The second-order valence-corrected chi connectivity index (χ2v) is 6.32. The first-order chi connectivity index (χ1) is 11.7. The van der Waals surface area contributed by atoms with Crippen LogP contribution in [0.15, 0.2) is 41.0 Å². The molecule has 24 heavy (non-hydrogen) atoms. The van der Waals surface area contributed by atoms with Gasteiger partial charge in [-0.05, 0) is 29.8 Å². The lowest BCUT2D eigenvalue weighted by Crippen LogP contribution is -2.46. The van der Waals surface area contributed by atoms with Crippen LogP contribution in [-0.2, 0) is 6.61 Å². The van der Waals surface area contributed by atoms with Gasteiger partial charge in [0, 0.05) is 49.9 Å². The summed E-state index contributed by atoms with van der Waals surface area (Å²) in [5.74, 6) is 0.487. The normalized spacial score (nSPS) is 15.7. The molecule has 1 N–H and O–H groups in total. The van der Waals surface area contributed by atoms with Gasteiger partial charge in [0.2, 0.25) is 0 Å². The van der Waals surface area contributed by atoms with Crippen LogP contribution in [0, 0.1) is 0 Å². The number of rotatable bonds is 6. The summed E-state index contributed by atoms with van der Waals surface area (Å²) in [6, 6.07) is 9.21. The van der Waals surface area contributed by atoms with E-state index in [-0.39, 0.29) is 12.4 Å². The van der Waals surface area contributed by atoms with E-state index in [0.29, 0.717) is 17.2 Å². The lowest BCUT2D eigenvalue weighted by atomic mass is 10.1. The van der Waals surface area contributed by atoms with Gasteiger partial charge in [-0.2, -0.15) is 0 Å². The monoisotopic (exact) mass is 348 g/mol. The number of piperazine rings is 1. The Balaban J connectivity index is 1.49. The molecule has 0 radical (unpaired) electrons. The summed E-state index contributed by atoms with van der Waals surface area (Å²) >= 11 is 6.17. The van der Waals surface area contributed by atoms with Gasteiger partial charge in [-0.3, -0.25) is 9.69 Å². The number of Topliss-reactive ketones (excluding diaryl/α,β-unsaturated/α-hetero) is 1. The Kier molecular flexibility index (Phi) is 5.56. The minimum atomic E-state index is -0.0451. The lowest BCUT2D eigenvalue weighted by Gasteiger charge is -2.36. The van der Waals surface area contributed by atoms with E-state index in [1.807, 2.05) is 18.2 Å². The zero-order valence-electron chi connectivity index (χ0n) is 13.4. The first kappa shape index (κ1) is 17.0. The summed E-state index contributed by atoms with van der Waals surface area (Å²) in [5, 5.41) is 9.79. The van der Waals surface area contributed by atoms with Gasteiger partial charge in [0.25, 0.3) is 0 Å². The van der Waals surface area contributed by atoms with E-state index < -0.39 is 0 Å². The molecule has 1 aromatic heterocycles. The quantitative estimate of drug-likeness (QED) is 0.813. The number of benzene rings is 1. The Morgan fingerprint density at radius 2 is 2.00 bits per heavy atom. The maximum Gasteiger partial charge on any atom is 0.199 e. The second kappa shape index (κ2) is 7.83. The van der Waals surface area contributed by atoms with E-state index in [2.05, 4.69) is 9.80 Å². The Morgan fingerprint density at radius 1 is 1.21 bits per heavy atom. The molecule has 0 saturated carbocycles. The van der Waals surface area contributed by atoms with Crippen LogP contribution in [0.1, 0.15) is 22.5 Å². The zero-order valence-corrected chi connectivity index (χ0v) is 14.2. The number of ketones is 1. The highest BCUT2D eigenvalue weighted by molar-refractivity contribution is 6.31. The van der Waals surface area contributed by atoms with Gasteiger partial charge < -0.3 is 14.4 Å². The molecule has 5 nitrogen and oxygen atoms in total. The predicted molar refractivity (Wildman–Crippen MR) is 93.7 cm³/mol. The van der Waals surface area contributed by atoms with Crippen molar-refractivity contribution in [1.29, 1.82) is 0 Å². The van der Waals surface area contributed by atoms with Gasteiger partial charge >= 0.3 is 0 Å². The van der Waals surface area contributed by atoms with Crippen LogP contribution >= 0.6 is 11.6 Å². The van der Waals surface area contributed by atoms with E-state index in [1.54, 1.807) is 12.1 Å². The number of hydrogen-bond acceptors (Lipinski definition) is 5. The summed E-state index contributed by atoms with van der Waals surface area (Å²) in [7, 11) is 0. The van der Waals surface area contributed by atoms with Crippen LogP contribution in [0.5, 0.6) is 0 Å². The Hall–Kier alpha value is -1.82. The van der Waals surface area contributed by atoms with E-state index >= 15 is 0 Å². The molecule has 1 aliphatic heterocycles. The third-order valence-electron chi connectivity index (χ3n) is 4.40. The van der Waals surface area contributed by atoms with Gasteiger partial charge in [0.15, 0.2) is 11.5 Å². The summed E-state index contributed by atoms with van der Waals surface area (Å²) in [5.41, 5.74) is 1.82. The predicted octanol–water partition coefficient (Wildman–Crippen LogP) is 2.82. The van der Waals surface area contributed by atoms with E-state index in [9.17, 15) is 9.90 Å². The molecule has 1 aromatic carbocycles. The Bertz CT molecular complexity index is 680. The SMILES string of the molecule is O=C(CCN1CCN(c2ccc(CO)c(Cl)c2)CC1)c1ccco1. The summed E-state index contributed by atoms with van der Waals surface area (Å²) in [4.78, 5) is 16.5. The maximum atomic E-state index is 12.0. The Labute approximate surface area is 146 Å². The largest absolute Gasteiger partial charge is 0.461 e. The molecule has 0 unspecified atom stereocenters. The standard InChI is InChI=1S/C18H21ClN2O3/c19-16-12-15(4-3-14(16)13-22)21-9-7-20(8-10-21)6-5-17(23)18-2-1-11-24-18/h1-4,11-12,22H,5-10,13H2. The number of aliphatic hydroxyl groups excluding tert-OH is 1. The average molecular weight is 349 g/mol. The van der Waals surface area contributed by atoms with Crippen LogP contribution in [0.2, 0.25) is 5.02 Å². The first-order valence-electron chi connectivity index (χ1n) is 8.10. The van der Waals surface area contributed by atoms with E-state index in [1.165, 1.54) is 6.26 Å². The van der Waals surface area contributed by atoms with Gasteiger partial charge in [-0.1, -0.05) is 17.7 Å². The molecule has 0 atom stereocenters. The van der Waals surface area contributed by atoms with Crippen LogP contribution in [0.25, 0.3) is 0 Å². The molecule has 3 rings (SSSR count). The molecule has 1 saturated heterocycles. The fourth-order valence-electron chi connectivity index (χ4n) is 2.91. The number of nitrogens with zero attached hydrogens (tertiary/aromatic N) is 2. The third-order valence-corrected chi connectivity index (χ3v) is 4.75. The van der Waals surface area contributed by atoms with Crippen LogP contribution in [0.4, 0.5) is 5.69 Å². The lowest BCUT2D eigenvalue weighted by molar-refractivity contribution is 0.0935. The highest BCUT2D eigenvalue weighted by Gasteiger charge is 2.19. The number of anilines is 1. The molecule has 128 valence electrons. The number of hydrogen-bond donors (Lipinski definition) is 1. The molecular formula is C18H21ClN2O3. The van der Waals surface area contributed by atoms with Gasteiger partial charge in [-0.15, -0.1) is 0 Å². The van der Waals surface area contributed by atoms with E-state index in [0.717, 1.165) is 44.0 Å². The van der Waals surface area contributed by atoms with Crippen LogP contribution in [0.3, 0.4) is 0 Å². The van der Waals surface area contributed by atoms with Crippen molar-refractivity contribution in [2.24, 2.45) is 0 Å². The highest BCUT2D eigenvalue weighted by atomic mass is 35.5. The van der Waals surface area contributed by atoms with Gasteiger partial charge in [0.1, 0.15) is 0 Å². The van der Waals surface area contributed by atoms with Crippen LogP contribution in [-0.4, -0.2) is 48.5 Å². The minimum absolute atomic E-state index is 0.0451. The number of furan rings is 1. The number of carbonyl (C=O) groups excluding carboxylic acids is 1. The third kappa shape index (κ3) is 3.98. The fourth-order valence-corrected chi connectivity index (χ4v) is 3.15. The van der Waals surface area contributed by atoms with Crippen molar-refractivity contribution in [1.82, 2.24) is 4.90 Å². The molecule has 0 spiro atoms. The molecule has 0 amide bonds. The maximum absolute atomic E-state index is 12.0. The molecule has 1 fully saturated rings. The molecule has 0 bridgehead atoms. The second-order valence-electron chi connectivity index (χ2n) is 5.91. The molecular weight excluding hydrogens is 328 g/mol. The highest BCUT2D eigenvalue weighted by Crippen LogP contribution is 2.24. The fraction of sp³-hybridized carbons (Fsp3) is 0.389. The van der Waals surface area contributed by atoms with Crippen molar-refractivity contribution in [3.8, 4) is 0 Å². The molecule has 2 heterocycles. The number of carbonyl (C=O) groups is 1. The summed E-state index contributed by atoms with van der Waals surface area (Å²) in [6.07, 6.45) is 2.00. The topological polar surface area (TPSA) is 56.9 Å². The number of aliphatic hydroxyl groups is 1. The Morgan fingerprint density at radius 3 is 2.62 bits per heavy atom. The molecule has 1 aliphatic rings. The van der Waals surface area contributed by atoms with Crippen LogP contribution < -0.4 is 4.90 Å². The molecule has 2 aromatic rings. The van der Waals surface area contributed by atoms with E-state index in [4.69, 9.17) is 16.0 Å². The molecule has 0 aliphatic carbocycles. The molecule has 6 heteroatoms. The smallest absolute Gasteiger partial charge is 0.199 e. The van der Waals surface area contributed by atoms with Gasteiger partial charge in [0.05, 0.1) is 12.9 Å². The first-order valence-corrected chi connectivity index (χ1v) is 8.48. The van der Waals surface area contributed by atoms with Crippen molar-refractivity contribution < 1.29 is 14.3 Å². The minimum Gasteiger partial charge on any atom is -0.461 e. The average Bonchev–Trinajstić information content (AvgIpc) is 3.15. The van der Waals surface area contributed by atoms with Crippen molar-refractivity contribution in [2.45, 2.75) is 13.0 Å². The van der Waals surface area contributed by atoms with Crippen molar-refractivity contribution >= 4 is 23.1 Å². The summed E-state index contributed by atoms with van der Waals surface area (Å²) in [6.45, 7) is 4.30. The van der Waals surface area contributed by atoms with Crippen molar-refractivity contribution in [3.05, 3.63) is 52.9 Å². The zero-order chi connectivity index (χ0) is 16.9. The van der Waals surface area contributed by atoms with Gasteiger partial charge in [-0.25, -0.2) is 0 Å². The van der Waals surface area contributed by atoms with Crippen molar-refractivity contribution in [2.75, 3.05) is 37.6 Å². The van der Waals surface area contributed by atoms with Crippen molar-refractivity contribution in [3.63, 3.8) is 0 Å². The number of halogens is 1. The summed E-state index contributed by atoms with van der Waals surface area (Å²) < 4.78 is 5.13.